The summed E-state index contributed by atoms with van der Waals surface area (Å²) in [6.45, 7) is 7.47. The Morgan fingerprint density at radius 1 is 1.15 bits per heavy atom. The summed E-state index contributed by atoms with van der Waals surface area (Å²) in [6, 6.07) is 12.3. The molecule has 0 radical (unpaired) electrons. The fourth-order valence-corrected chi connectivity index (χ4v) is 4.19. The molecule has 2 heterocycles. The van der Waals surface area contributed by atoms with Crippen molar-refractivity contribution in [3.63, 3.8) is 0 Å². The fraction of sp³-hybridized carbons (Fsp3) is 0.400. The summed E-state index contributed by atoms with van der Waals surface area (Å²) in [5.41, 5.74) is 2.41. The quantitative estimate of drug-likeness (QED) is 0.878. The average Bonchev–Trinajstić information content (AvgIpc) is 2.94. The van der Waals surface area contributed by atoms with Gasteiger partial charge in [-0.2, -0.15) is 0 Å². The standard InChI is InChI=1S/C20H25N3O2S/c1-15-4-3-5-17(12-15)13-23-11-10-22(9-8-20(23)25)14-18-6-7-19(26-18)21-16(2)24/h3-7,12H,8-11,13-14H2,1-2H3,(H,21,24). The Morgan fingerprint density at radius 2 is 2.00 bits per heavy atom. The molecular formula is C20H25N3O2S. The third-order valence-electron chi connectivity index (χ3n) is 4.48. The van der Waals surface area contributed by atoms with Crippen molar-refractivity contribution in [2.45, 2.75) is 33.4 Å². The van der Waals surface area contributed by atoms with Gasteiger partial charge < -0.3 is 10.2 Å². The molecule has 3 rings (SSSR count). The van der Waals surface area contributed by atoms with Crippen LogP contribution in [0.1, 0.15) is 29.3 Å². The zero-order valence-corrected chi connectivity index (χ0v) is 16.1. The van der Waals surface area contributed by atoms with Gasteiger partial charge in [-0.3, -0.25) is 14.5 Å². The summed E-state index contributed by atoms with van der Waals surface area (Å²) >= 11 is 1.60. The minimum absolute atomic E-state index is 0.0504. The van der Waals surface area contributed by atoms with Gasteiger partial charge in [0.15, 0.2) is 0 Å². The van der Waals surface area contributed by atoms with Crippen molar-refractivity contribution in [2.75, 3.05) is 25.0 Å². The van der Waals surface area contributed by atoms with Crippen molar-refractivity contribution in [2.24, 2.45) is 0 Å². The number of nitrogens with zero attached hydrogens (tertiary/aromatic N) is 2. The fourth-order valence-electron chi connectivity index (χ4n) is 3.19. The maximum absolute atomic E-state index is 12.5. The van der Waals surface area contributed by atoms with E-state index in [-0.39, 0.29) is 11.8 Å². The molecule has 0 spiro atoms. The van der Waals surface area contributed by atoms with E-state index in [1.165, 1.54) is 22.9 Å². The van der Waals surface area contributed by atoms with Crippen LogP contribution in [0.2, 0.25) is 0 Å². The van der Waals surface area contributed by atoms with Gasteiger partial charge in [0, 0.05) is 50.9 Å². The van der Waals surface area contributed by atoms with Crippen LogP contribution in [-0.4, -0.2) is 41.2 Å². The van der Waals surface area contributed by atoms with Crippen molar-refractivity contribution in [1.82, 2.24) is 9.80 Å². The van der Waals surface area contributed by atoms with E-state index in [0.29, 0.717) is 13.0 Å². The molecule has 0 bridgehead atoms. The molecular weight excluding hydrogens is 346 g/mol. The molecule has 6 heteroatoms. The normalized spacial score (nSPS) is 15.8. The number of nitrogens with one attached hydrogen (secondary N) is 1. The van der Waals surface area contributed by atoms with Crippen LogP contribution in [0.3, 0.4) is 0 Å². The molecule has 0 aliphatic carbocycles. The lowest BCUT2D eigenvalue weighted by Crippen LogP contribution is -2.32. The van der Waals surface area contributed by atoms with Gasteiger partial charge in [0.2, 0.25) is 11.8 Å². The van der Waals surface area contributed by atoms with Gasteiger partial charge in [0.05, 0.1) is 5.00 Å². The summed E-state index contributed by atoms with van der Waals surface area (Å²) in [6.07, 6.45) is 0.551. The van der Waals surface area contributed by atoms with Crippen LogP contribution in [-0.2, 0) is 22.7 Å². The van der Waals surface area contributed by atoms with Gasteiger partial charge in [-0.1, -0.05) is 29.8 Å². The molecule has 1 saturated heterocycles. The molecule has 5 nitrogen and oxygen atoms in total. The Balaban J connectivity index is 1.57. The second kappa shape index (κ2) is 8.47. The van der Waals surface area contributed by atoms with Gasteiger partial charge in [-0.05, 0) is 24.6 Å². The monoisotopic (exact) mass is 371 g/mol. The van der Waals surface area contributed by atoms with Crippen LogP contribution < -0.4 is 5.32 Å². The van der Waals surface area contributed by atoms with E-state index in [2.05, 4.69) is 35.3 Å². The first kappa shape index (κ1) is 18.6. The predicted molar refractivity (Wildman–Crippen MR) is 105 cm³/mol. The van der Waals surface area contributed by atoms with Gasteiger partial charge in [-0.25, -0.2) is 0 Å². The maximum atomic E-state index is 12.5. The van der Waals surface area contributed by atoms with Crippen molar-refractivity contribution < 1.29 is 9.59 Å². The first-order chi connectivity index (χ1) is 12.5. The van der Waals surface area contributed by atoms with Crippen LogP contribution in [0, 0.1) is 6.92 Å². The lowest BCUT2D eigenvalue weighted by Gasteiger charge is -2.22. The Hall–Kier alpha value is -2.18. The van der Waals surface area contributed by atoms with Gasteiger partial charge in [-0.15, -0.1) is 11.3 Å². The summed E-state index contributed by atoms with van der Waals surface area (Å²) in [4.78, 5) is 29.1. The minimum atomic E-state index is -0.0504. The third-order valence-corrected chi connectivity index (χ3v) is 5.46. The van der Waals surface area contributed by atoms with Crippen molar-refractivity contribution in [1.29, 1.82) is 0 Å². The average molecular weight is 372 g/mol. The van der Waals surface area contributed by atoms with Crippen LogP contribution in [0.15, 0.2) is 36.4 Å². The molecule has 0 atom stereocenters. The lowest BCUT2D eigenvalue weighted by molar-refractivity contribution is -0.131. The number of hydrogen-bond donors (Lipinski definition) is 1. The third kappa shape index (κ3) is 5.16. The van der Waals surface area contributed by atoms with Crippen LogP contribution >= 0.6 is 11.3 Å². The van der Waals surface area contributed by atoms with E-state index in [1.807, 2.05) is 23.1 Å². The van der Waals surface area contributed by atoms with Crippen molar-refractivity contribution in [3.8, 4) is 0 Å². The lowest BCUT2D eigenvalue weighted by atomic mass is 10.1. The van der Waals surface area contributed by atoms with E-state index in [1.54, 1.807) is 11.3 Å². The zero-order valence-electron chi connectivity index (χ0n) is 15.3. The highest BCUT2D eigenvalue weighted by Crippen LogP contribution is 2.24. The molecule has 0 saturated carbocycles. The van der Waals surface area contributed by atoms with Crippen molar-refractivity contribution >= 4 is 28.2 Å². The zero-order chi connectivity index (χ0) is 18.5. The molecule has 1 N–H and O–H groups in total. The van der Waals surface area contributed by atoms with Gasteiger partial charge >= 0.3 is 0 Å². The van der Waals surface area contributed by atoms with Crippen LogP contribution in [0.5, 0.6) is 0 Å². The minimum Gasteiger partial charge on any atom is -0.337 e. The smallest absolute Gasteiger partial charge is 0.224 e. The molecule has 0 unspecified atom stereocenters. The van der Waals surface area contributed by atoms with Crippen LogP contribution in [0.4, 0.5) is 5.00 Å². The molecule has 1 fully saturated rings. The molecule has 26 heavy (non-hydrogen) atoms. The second-order valence-corrected chi connectivity index (χ2v) is 7.95. The number of carbonyl (C=O) groups excluding carboxylic acids is 2. The highest BCUT2D eigenvalue weighted by Gasteiger charge is 2.21. The number of thiophene rings is 1. The molecule has 1 aliphatic rings. The van der Waals surface area contributed by atoms with E-state index < -0.39 is 0 Å². The number of amides is 2. The summed E-state index contributed by atoms with van der Waals surface area (Å²) in [5.74, 6) is 0.171. The first-order valence-corrected chi connectivity index (χ1v) is 9.73. The largest absolute Gasteiger partial charge is 0.337 e. The maximum Gasteiger partial charge on any atom is 0.224 e. The Labute approximate surface area is 158 Å². The molecule has 1 aliphatic heterocycles. The SMILES string of the molecule is CC(=O)Nc1ccc(CN2CCC(=O)N(Cc3cccc(C)c3)CC2)s1. The van der Waals surface area contributed by atoms with Gasteiger partial charge in [0.25, 0.3) is 0 Å². The Kier molecular flexibility index (Phi) is 6.06. The number of carbonyl (C=O) groups is 2. The van der Waals surface area contributed by atoms with Crippen LogP contribution in [0.25, 0.3) is 0 Å². The Bertz CT molecular complexity index is 787. The highest BCUT2D eigenvalue weighted by atomic mass is 32.1. The topological polar surface area (TPSA) is 52.7 Å². The number of hydrogen-bond acceptors (Lipinski definition) is 4. The first-order valence-electron chi connectivity index (χ1n) is 8.91. The van der Waals surface area contributed by atoms with Crippen molar-refractivity contribution in [3.05, 3.63) is 52.4 Å². The van der Waals surface area contributed by atoms with E-state index in [4.69, 9.17) is 0 Å². The molecule has 1 aromatic carbocycles. The molecule has 1 aromatic heterocycles. The number of benzene rings is 1. The number of rotatable bonds is 5. The van der Waals surface area contributed by atoms with E-state index in [9.17, 15) is 9.59 Å². The van der Waals surface area contributed by atoms with E-state index in [0.717, 1.165) is 31.2 Å². The van der Waals surface area contributed by atoms with Gasteiger partial charge in [0.1, 0.15) is 0 Å². The molecule has 138 valence electrons. The highest BCUT2D eigenvalue weighted by molar-refractivity contribution is 7.16. The number of aryl methyl sites for hydroxylation is 1. The van der Waals surface area contributed by atoms with E-state index >= 15 is 0 Å². The summed E-state index contributed by atoms with van der Waals surface area (Å²) in [5, 5.41) is 3.69. The summed E-state index contributed by atoms with van der Waals surface area (Å²) < 4.78 is 0. The molecule has 2 aromatic rings. The number of anilines is 1. The molecule has 2 amide bonds. The summed E-state index contributed by atoms with van der Waals surface area (Å²) in [7, 11) is 0. The second-order valence-electron chi connectivity index (χ2n) is 6.78. The Morgan fingerprint density at radius 3 is 2.77 bits per heavy atom. The predicted octanol–water partition coefficient (Wildman–Crippen LogP) is 3.25.